The van der Waals surface area contributed by atoms with Gasteiger partial charge in [-0.25, -0.2) is 25.6 Å². The highest BCUT2D eigenvalue weighted by atomic mass is 79.9. The van der Waals surface area contributed by atoms with Gasteiger partial charge in [0.05, 0.1) is 19.6 Å². The van der Waals surface area contributed by atoms with E-state index in [1.54, 1.807) is 36.0 Å². The zero-order valence-electron chi connectivity index (χ0n) is 21.1. The molecule has 2 heterocycles. The van der Waals surface area contributed by atoms with Crippen LogP contribution in [0.4, 0.5) is 8.78 Å². The van der Waals surface area contributed by atoms with Crippen LogP contribution in [0.3, 0.4) is 0 Å². The number of H-pyrrole nitrogens is 1. The molecule has 0 spiro atoms. The van der Waals surface area contributed by atoms with E-state index in [2.05, 4.69) is 36.8 Å². The summed E-state index contributed by atoms with van der Waals surface area (Å²) in [6.45, 7) is 0. The molecule has 0 aliphatic carbocycles. The second kappa shape index (κ2) is 11.2. The molecule has 0 atom stereocenters. The zero-order chi connectivity index (χ0) is 29.5. The fourth-order valence-corrected chi connectivity index (χ4v) is 7.95. The lowest BCUT2D eigenvalue weighted by molar-refractivity contribution is 0.593. The Balaban J connectivity index is 0.000000165. The summed E-state index contributed by atoms with van der Waals surface area (Å²) in [6, 6.07) is 20.5. The molecule has 6 aromatic rings. The lowest BCUT2D eigenvalue weighted by Crippen LogP contribution is -2.01. The summed E-state index contributed by atoms with van der Waals surface area (Å²) >= 11 is 6.68. The van der Waals surface area contributed by atoms with Crippen LogP contribution in [0.25, 0.3) is 21.8 Å². The van der Waals surface area contributed by atoms with Crippen molar-refractivity contribution in [3.63, 3.8) is 0 Å². The zero-order valence-corrected chi connectivity index (χ0v) is 26.0. The fraction of sp³-hybridized carbons (Fsp3) is 0.0345. The quantitative estimate of drug-likeness (QED) is 0.188. The maximum absolute atomic E-state index is 13.0. The monoisotopic (exact) mass is 720 g/mol. The number of benzene rings is 4. The predicted octanol–water partition coefficient (Wildman–Crippen LogP) is 7.82. The Labute approximate surface area is 251 Å². The topological polar surface area (TPSA) is 89.0 Å². The molecule has 0 fully saturated rings. The van der Waals surface area contributed by atoms with Crippen LogP contribution in [-0.2, 0) is 26.7 Å². The molecule has 0 saturated heterocycles. The van der Waals surface area contributed by atoms with E-state index < -0.39 is 31.3 Å². The Hall–Kier alpha value is -3.32. The van der Waals surface area contributed by atoms with Crippen molar-refractivity contribution < 1.29 is 25.6 Å². The standard InChI is InChI=1S/C15H11BrFNO2S.C14H9BrFNO2S/c1-18-9-15(13-8-10(16)2-7-14(13)18)21(19,20)12-5-3-11(17)4-6-12;15-9-1-6-13-12(7-9)14(8-17-13)20(18,19)11-4-2-10(16)3-5-11/h2-9H,1H3;1-8,17H. The lowest BCUT2D eigenvalue weighted by atomic mass is 10.2. The Kier molecular flexibility index (Phi) is 7.94. The highest BCUT2D eigenvalue weighted by Gasteiger charge is 2.23. The van der Waals surface area contributed by atoms with Crippen LogP contribution in [0.15, 0.2) is 126 Å². The molecule has 210 valence electrons. The van der Waals surface area contributed by atoms with Gasteiger partial charge < -0.3 is 9.55 Å². The highest BCUT2D eigenvalue weighted by Crippen LogP contribution is 2.32. The Morgan fingerprint density at radius 1 is 0.659 bits per heavy atom. The van der Waals surface area contributed by atoms with Crippen molar-refractivity contribution in [1.82, 2.24) is 9.55 Å². The molecule has 4 aromatic carbocycles. The smallest absolute Gasteiger partial charge is 0.208 e. The molecule has 0 aliphatic rings. The predicted molar refractivity (Wildman–Crippen MR) is 160 cm³/mol. The van der Waals surface area contributed by atoms with E-state index in [0.717, 1.165) is 44.2 Å². The van der Waals surface area contributed by atoms with Crippen molar-refractivity contribution >= 4 is 73.3 Å². The van der Waals surface area contributed by atoms with Gasteiger partial charge in [-0.3, -0.25) is 0 Å². The van der Waals surface area contributed by atoms with Crippen LogP contribution in [-0.4, -0.2) is 26.4 Å². The largest absolute Gasteiger partial charge is 0.360 e. The van der Waals surface area contributed by atoms with Gasteiger partial charge in [-0.05, 0) is 84.9 Å². The van der Waals surface area contributed by atoms with Crippen molar-refractivity contribution in [3.05, 3.63) is 118 Å². The number of halogens is 4. The van der Waals surface area contributed by atoms with E-state index in [-0.39, 0.29) is 19.6 Å². The van der Waals surface area contributed by atoms with E-state index in [1.807, 2.05) is 18.2 Å². The number of aryl methyl sites for hydroxylation is 1. The summed E-state index contributed by atoms with van der Waals surface area (Å²) in [6.07, 6.45) is 3.03. The van der Waals surface area contributed by atoms with Crippen LogP contribution < -0.4 is 0 Å². The molecule has 0 aliphatic heterocycles. The Morgan fingerprint density at radius 3 is 1.71 bits per heavy atom. The summed E-state index contributed by atoms with van der Waals surface area (Å²) in [5.74, 6) is -0.930. The third kappa shape index (κ3) is 5.74. The minimum atomic E-state index is -3.69. The second-order valence-electron chi connectivity index (χ2n) is 9.02. The number of aromatic amines is 1. The molecular weight excluding hydrogens is 702 g/mol. The number of hydrogen-bond acceptors (Lipinski definition) is 4. The minimum Gasteiger partial charge on any atom is -0.360 e. The molecule has 0 bridgehead atoms. The highest BCUT2D eigenvalue weighted by molar-refractivity contribution is 9.10. The van der Waals surface area contributed by atoms with E-state index in [1.165, 1.54) is 30.5 Å². The summed E-state index contributed by atoms with van der Waals surface area (Å²) in [5, 5.41) is 1.24. The molecule has 0 unspecified atom stereocenters. The molecule has 6 nitrogen and oxygen atoms in total. The molecule has 2 aromatic heterocycles. The van der Waals surface area contributed by atoms with Crippen LogP contribution in [0.2, 0.25) is 0 Å². The molecule has 0 saturated carbocycles. The van der Waals surface area contributed by atoms with Crippen molar-refractivity contribution in [1.29, 1.82) is 0 Å². The van der Waals surface area contributed by atoms with Crippen LogP contribution in [0.1, 0.15) is 0 Å². The summed E-state index contributed by atoms with van der Waals surface area (Å²) in [5.41, 5.74) is 1.55. The minimum absolute atomic E-state index is 0.0692. The first-order valence-corrected chi connectivity index (χ1v) is 16.5. The summed E-state index contributed by atoms with van der Waals surface area (Å²) in [4.78, 5) is 3.47. The van der Waals surface area contributed by atoms with Crippen LogP contribution >= 0.6 is 31.9 Å². The van der Waals surface area contributed by atoms with Gasteiger partial charge in [0.1, 0.15) is 11.6 Å². The fourth-order valence-electron chi connectivity index (χ4n) is 4.31. The molecule has 41 heavy (non-hydrogen) atoms. The van der Waals surface area contributed by atoms with Crippen molar-refractivity contribution in [2.24, 2.45) is 7.05 Å². The van der Waals surface area contributed by atoms with Gasteiger partial charge in [-0.15, -0.1) is 0 Å². The van der Waals surface area contributed by atoms with Gasteiger partial charge in [-0.2, -0.15) is 0 Å². The Morgan fingerprint density at radius 2 is 1.15 bits per heavy atom. The molecule has 0 radical (unpaired) electrons. The average molecular weight is 722 g/mol. The van der Waals surface area contributed by atoms with Crippen molar-refractivity contribution in [2.75, 3.05) is 0 Å². The van der Waals surface area contributed by atoms with Gasteiger partial charge in [-0.1, -0.05) is 31.9 Å². The van der Waals surface area contributed by atoms with Gasteiger partial charge >= 0.3 is 0 Å². The molecule has 12 heteroatoms. The first-order chi connectivity index (χ1) is 19.4. The SMILES string of the molecule is Cn1cc(S(=O)(=O)c2ccc(F)cc2)c2cc(Br)ccc21.O=S(=O)(c1ccc(F)cc1)c1c[nH]c2ccc(Br)cc12. The maximum Gasteiger partial charge on any atom is 0.208 e. The maximum atomic E-state index is 13.0. The number of fused-ring (bicyclic) bond motifs is 2. The van der Waals surface area contributed by atoms with Crippen molar-refractivity contribution in [2.45, 2.75) is 19.6 Å². The first kappa shape index (κ1) is 29.2. The number of nitrogens with one attached hydrogen (secondary N) is 1. The number of sulfone groups is 2. The normalized spacial score (nSPS) is 11.9. The number of nitrogens with zero attached hydrogens (tertiary/aromatic N) is 1. The second-order valence-corrected chi connectivity index (χ2v) is 14.7. The van der Waals surface area contributed by atoms with Gasteiger partial charge in [0.15, 0.2) is 0 Å². The van der Waals surface area contributed by atoms with Crippen LogP contribution in [0, 0.1) is 11.6 Å². The molecular formula is C29H20Br2F2N2O4S2. The number of aromatic nitrogens is 2. The lowest BCUT2D eigenvalue weighted by Gasteiger charge is -2.03. The van der Waals surface area contributed by atoms with Crippen molar-refractivity contribution in [3.8, 4) is 0 Å². The molecule has 1 N–H and O–H groups in total. The average Bonchev–Trinajstić information content (AvgIpc) is 3.50. The number of rotatable bonds is 4. The molecule has 0 amide bonds. The number of hydrogen-bond donors (Lipinski definition) is 1. The Bertz CT molecular complexity index is 2120. The van der Waals surface area contributed by atoms with E-state index >= 15 is 0 Å². The van der Waals surface area contributed by atoms with E-state index in [4.69, 9.17) is 0 Å². The first-order valence-electron chi connectivity index (χ1n) is 11.9. The van der Waals surface area contributed by atoms with Gasteiger partial charge in [0, 0.05) is 50.2 Å². The van der Waals surface area contributed by atoms with Gasteiger partial charge in [0.25, 0.3) is 0 Å². The summed E-state index contributed by atoms with van der Waals surface area (Å²) < 4.78 is 79.9. The molecule has 6 rings (SSSR count). The van der Waals surface area contributed by atoms with Crippen LogP contribution in [0.5, 0.6) is 0 Å². The summed E-state index contributed by atoms with van der Waals surface area (Å²) in [7, 11) is -5.57. The van der Waals surface area contributed by atoms with E-state index in [9.17, 15) is 25.6 Å². The van der Waals surface area contributed by atoms with E-state index in [0.29, 0.717) is 10.8 Å². The third-order valence-corrected chi connectivity index (χ3v) is 10.9. The van der Waals surface area contributed by atoms with Gasteiger partial charge in [0.2, 0.25) is 19.7 Å². The third-order valence-electron chi connectivity index (χ3n) is 6.35.